The SMILES string of the molecule is O=C(O)c1ccc(/C(Cc2ccccc2)=N/O)cc1. The number of carboxylic acid groups (broad SMARTS) is 1. The Hall–Kier alpha value is -2.62. The van der Waals surface area contributed by atoms with E-state index in [4.69, 9.17) is 10.3 Å². The van der Waals surface area contributed by atoms with Gasteiger partial charge in [0.1, 0.15) is 0 Å². The van der Waals surface area contributed by atoms with Crippen LogP contribution in [0.15, 0.2) is 59.8 Å². The van der Waals surface area contributed by atoms with Gasteiger partial charge in [-0.05, 0) is 23.3 Å². The molecular formula is C15H13NO3. The van der Waals surface area contributed by atoms with Crippen molar-refractivity contribution >= 4 is 11.7 Å². The Kier molecular flexibility index (Phi) is 3.93. The maximum absolute atomic E-state index is 10.8. The molecule has 0 saturated heterocycles. The molecule has 0 spiro atoms. The Morgan fingerprint density at radius 1 is 0.947 bits per heavy atom. The molecule has 0 amide bonds. The molecule has 2 aromatic rings. The number of carboxylic acids is 1. The van der Waals surface area contributed by atoms with Gasteiger partial charge in [0.15, 0.2) is 0 Å². The van der Waals surface area contributed by atoms with Gasteiger partial charge in [0.2, 0.25) is 0 Å². The van der Waals surface area contributed by atoms with Gasteiger partial charge < -0.3 is 10.3 Å². The van der Waals surface area contributed by atoms with Crippen molar-refractivity contribution < 1.29 is 15.1 Å². The van der Waals surface area contributed by atoms with Gasteiger partial charge in [0.05, 0.1) is 11.3 Å². The summed E-state index contributed by atoms with van der Waals surface area (Å²) in [5.41, 5.74) is 2.44. The maximum atomic E-state index is 10.8. The molecule has 4 nitrogen and oxygen atoms in total. The van der Waals surface area contributed by atoms with Crippen molar-refractivity contribution in [2.45, 2.75) is 6.42 Å². The summed E-state index contributed by atoms with van der Waals surface area (Å²) >= 11 is 0. The lowest BCUT2D eigenvalue weighted by atomic mass is 10.0. The molecule has 2 aromatic carbocycles. The van der Waals surface area contributed by atoms with Crippen LogP contribution < -0.4 is 0 Å². The molecule has 0 aromatic heterocycles. The number of hydrogen-bond acceptors (Lipinski definition) is 3. The van der Waals surface area contributed by atoms with Crippen LogP contribution in [0.1, 0.15) is 21.5 Å². The topological polar surface area (TPSA) is 69.9 Å². The van der Waals surface area contributed by atoms with Crippen LogP contribution in [0.25, 0.3) is 0 Å². The second kappa shape index (κ2) is 5.82. The smallest absolute Gasteiger partial charge is 0.335 e. The van der Waals surface area contributed by atoms with Gasteiger partial charge in [-0.2, -0.15) is 0 Å². The number of oxime groups is 1. The monoisotopic (exact) mass is 255 g/mol. The second-order valence-corrected chi connectivity index (χ2v) is 4.09. The number of benzene rings is 2. The van der Waals surface area contributed by atoms with E-state index in [0.717, 1.165) is 5.56 Å². The first-order chi connectivity index (χ1) is 9.20. The van der Waals surface area contributed by atoms with Crippen molar-refractivity contribution in [1.29, 1.82) is 0 Å². The van der Waals surface area contributed by atoms with E-state index >= 15 is 0 Å². The van der Waals surface area contributed by atoms with Crippen LogP contribution in [0.5, 0.6) is 0 Å². The van der Waals surface area contributed by atoms with Crippen LogP contribution >= 0.6 is 0 Å². The van der Waals surface area contributed by atoms with E-state index in [2.05, 4.69) is 5.16 Å². The number of carbonyl (C=O) groups is 1. The van der Waals surface area contributed by atoms with Crippen molar-refractivity contribution in [3.63, 3.8) is 0 Å². The minimum absolute atomic E-state index is 0.209. The minimum atomic E-state index is -0.975. The summed E-state index contributed by atoms with van der Waals surface area (Å²) in [7, 11) is 0. The Morgan fingerprint density at radius 2 is 1.53 bits per heavy atom. The summed E-state index contributed by atoms with van der Waals surface area (Å²) < 4.78 is 0. The summed E-state index contributed by atoms with van der Waals surface area (Å²) in [5, 5.41) is 21.2. The Labute approximate surface area is 110 Å². The number of nitrogens with zero attached hydrogens (tertiary/aromatic N) is 1. The number of aromatic carboxylic acids is 1. The summed E-state index contributed by atoms with van der Waals surface area (Å²) in [4.78, 5) is 10.8. The molecule has 0 fully saturated rings. The molecule has 0 aliphatic heterocycles. The van der Waals surface area contributed by atoms with E-state index < -0.39 is 5.97 Å². The lowest BCUT2D eigenvalue weighted by Crippen LogP contribution is -2.06. The first-order valence-electron chi connectivity index (χ1n) is 5.79. The lowest BCUT2D eigenvalue weighted by molar-refractivity contribution is 0.0697. The molecule has 0 radical (unpaired) electrons. The predicted molar refractivity (Wildman–Crippen MR) is 71.9 cm³/mol. The molecule has 2 rings (SSSR count). The lowest BCUT2D eigenvalue weighted by Gasteiger charge is -2.05. The van der Waals surface area contributed by atoms with E-state index in [1.807, 2.05) is 30.3 Å². The fourth-order valence-electron chi connectivity index (χ4n) is 1.79. The van der Waals surface area contributed by atoms with Crippen molar-refractivity contribution in [2.75, 3.05) is 0 Å². The summed E-state index contributed by atoms with van der Waals surface area (Å²) in [6, 6.07) is 15.9. The molecule has 0 aliphatic rings. The minimum Gasteiger partial charge on any atom is -0.478 e. The van der Waals surface area contributed by atoms with E-state index in [0.29, 0.717) is 17.7 Å². The van der Waals surface area contributed by atoms with Crippen molar-refractivity contribution in [2.24, 2.45) is 5.16 Å². The van der Waals surface area contributed by atoms with E-state index in [9.17, 15) is 4.79 Å². The van der Waals surface area contributed by atoms with Gasteiger partial charge in [-0.15, -0.1) is 0 Å². The number of rotatable bonds is 4. The van der Waals surface area contributed by atoms with Crippen molar-refractivity contribution in [3.8, 4) is 0 Å². The zero-order valence-electron chi connectivity index (χ0n) is 10.2. The molecule has 2 N–H and O–H groups in total. The predicted octanol–water partition coefficient (Wildman–Crippen LogP) is 2.81. The summed E-state index contributed by atoms with van der Waals surface area (Å²) in [6.45, 7) is 0. The van der Waals surface area contributed by atoms with Crippen molar-refractivity contribution in [3.05, 3.63) is 71.3 Å². The molecule has 0 atom stereocenters. The highest BCUT2D eigenvalue weighted by molar-refractivity contribution is 6.02. The van der Waals surface area contributed by atoms with Gasteiger partial charge >= 0.3 is 5.97 Å². The fraction of sp³-hybridized carbons (Fsp3) is 0.0667. The zero-order valence-corrected chi connectivity index (χ0v) is 10.2. The van der Waals surface area contributed by atoms with Gasteiger partial charge in [0.25, 0.3) is 0 Å². The Bertz CT molecular complexity index is 589. The summed E-state index contributed by atoms with van der Waals surface area (Å²) in [6.07, 6.45) is 0.490. The molecule has 0 aliphatic carbocycles. The normalized spacial score (nSPS) is 11.3. The van der Waals surface area contributed by atoms with Gasteiger partial charge in [-0.1, -0.05) is 47.6 Å². The molecule has 0 bridgehead atoms. The highest BCUT2D eigenvalue weighted by Gasteiger charge is 2.08. The van der Waals surface area contributed by atoms with Crippen LogP contribution in [-0.4, -0.2) is 22.0 Å². The molecule has 19 heavy (non-hydrogen) atoms. The van der Waals surface area contributed by atoms with Crippen LogP contribution in [0.3, 0.4) is 0 Å². The third kappa shape index (κ3) is 3.19. The first-order valence-corrected chi connectivity index (χ1v) is 5.79. The Morgan fingerprint density at radius 3 is 2.05 bits per heavy atom. The molecule has 0 heterocycles. The zero-order chi connectivity index (χ0) is 13.7. The molecule has 96 valence electrons. The fourth-order valence-corrected chi connectivity index (χ4v) is 1.79. The van der Waals surface area contributed by atoms with E-state index in [-0.39, 0.29) is 5.56 Å². The highest BCUT2D eigenvalue weighted by atomic mass is 16.4. The van der Waals surface area contributed by atoms with Crippen molar-refractivity contribution in [1.82, 2.24) is 0 Å². The second-order valence-electron chi connectivity index (χ2n) is 4.09. The molecule has 0 saturated carbocycles. The highest BCUT2D eigenvalue weighted by Crippen LogP contribution is 2.10. The molecular weight excluding hydrogens is 242 g/mol. The van der Waals surface area contributed by atoms with Gasteiger partial charge in [0, 0.05) is 6.42 Å². The van der Waals surface area contributed by atoms with Crippen LogP contribution in [0.4, 0.5) is 0 Å². The van der Waals surface area contributed by atoms with Crippen LogP contribution in [0, 0.1) is 0 Å². The van der Waals surface area contributed by atoms with Gasteiger partial charge in [-0.3, -0.25) is 0 Å². The quantitative estimate of drug-likeness (QED) is 0.501. The number of hydrogen-bond donors (Lipinski definition) is 2. The van der Waals surface area contributed by atoms with Crippen LogP contribution in [-0.2, 0) is 6.42 Å². The molecule has 0 unspecified atom stereocenters. The standard InChI is InChI=1S/C15H13NO3/c17-15(18)13-8-6-12(7-9-13)14(16-19)10-11-4-2-1-3-5-11/h1-9,19H,10H2,(H,17,18)/b16-14+. The van der Waals surface area contributed by atoms with E-state index in [1.165, 1.54) is 12.1 Å². The largest absolute Gasteiger partial charge is 0.478 e. The average molecular weight is 255 g/mol. The maximum Gasteiger partial charge on any atom is 0.335 e. The Balaban J connectivity index is 2.21. The third-order valence-electron chi connectivity index (χ3n) is 2.80. The third-order valence-corrected chi connectivity index (χ3v) is 2.80. The average Bonchev–Trinajstić information content (AvgIpc) is 2.46. The van der Waals surface area contributed by atoms with Gasteiger partial charge in [-0.25, -0.2) is 4.79 Å². The summed E-state index contributed by atoms with van der Waals surface area (Å²) in [5.74, 6) is -0.975. The molecule has 4 heteroatoms. The van der Waals surface area contributed by atoms with E-state index in [1.54, 1.807) is 12.1 Å². The van der Waals surface area contributed by atoms with Crippen LogP contribution in [0.2, 0.25) is 0 Å². The first kappa shape index (κ1) is 12.8.